The highest BCUT2D eigenvalue weighted by Crippen LogP contribution is 2.45. The molecule has 1 aliphatic carbocycles. The first-order chi connectivity index (χ1) is 8.19. The molecule has 1 aliphatic rings. The van der Waals surface area contributed by atoms with E-state index in [4.69, 9.17) is 16.3 Å². The lowest BCUT2D eigenvalue weighted by molar-refractivity contribution is 0.401. The molecule has 0 radical (unpaired) electrons. The molecule has 1 saturated carbocycles. The minimum atomic E-state index is 0.109. The highest BCUT2D eigenvalue weighted by atomic mass is 35.5. The predicted molar refractivity (Wildman–Crippen MR) is 64.3 cm³/mol. The van der Waals surface area contributed by atoms with Crippen LogP contribution in [0.15, 0.2) is 6.33 Å². The van der Waals surface area contributed by atoms with Crippen LogP contribution in [0.25, 0.3) is 11.2 Å². The Balaban J connectivity index is 2.32. The van der Waals surface area contributed by atoms with Gasteiger partial charge in [-0.3, -0.25) is 0 Å². The van der Waals surface area contributed by atoms with Gasteiger partial charge in [0.2, 0.25) is 5.88 Å². The maximum atomic E-state index is 5.96. The van der Waals surface area contributed by atoms with Gasteiger partial charge in [-0.25, -0.2) is 9.97 Å². The van der Waals surface area contributed by atoms with Gasteiger partial charge < -0.3 is 9.30 Å². The fourth-order valence-electron chi connectivity index (χ4n) is 2.13. The number of alkyl halides is 1. The van der Waals surface area contributed by atoms with Crippen molar-refractivity contribution in [1.82, 2.24) is 19.5 Å². The Labute approximate surface area is 104 Å². The van der Waals surface area contributed by atoms with Crippen molar-refractivity contribution in [3.05, 3.63) is 12.2 Å². The van der Waals surface area contributed by atoms with Crippen LogP contribution in [-0.4, -0.2) is 26.6 Å². The lowest BCUT2D eigenvalue weighted by Gasteiger charge is -2.13. The zero-order chi connectivity index (χ0) is 12.0. The maximum Gasteiger partial charge on any atom is 0.245 e. The van der Waals surface area contributed by atoms with Crippen LogP contribution >= 0.6 is 11.6 Å². The summed E-state index contributed by atoms with van der Waals surface area (Å²) in [5.74, 6) is 1.71. The van der Waals surface area contributed by atoms with Gasteiger partial charge in [0.25, 0.3) is 0 Å². The van der Waals surface area contributed by atoms with Gasteiger partial charge in [0.1, 0.15) is 12.2 Å². The summed E-state index contributed by atoms with van der Waals surface area (Å²) in [6.45, 7) is 2.19. The third kappa shape index (κ3) is 1.49. The lowest BCUT2D eigenvalue weighted by atomic mass is 10.3. The number of nitrogens with zero attached hydrogens (tertiary/aromatic N) is 4. The first-order valence-corrected chi connectivity index (χ1v) is 6.06. The third-order valence-corrected chi connectivity index (χ3v) is 3.55. The summed E-state index contributed by atoms with van der Waals surface area (Å²) in [5.41, 5.74) is 1.62. The number of rotatable bonds is 3. The van der Waals surface area contributed by atoms with Gasteiger partial charge >= 0.3 is 0 Å². The van der Waals surface area contributed by atoms with E-state index in [1.807, 2.05) is 0 Å². The summed E-state index contributed by atoms with van der Waals surface area (Å²) < 4.78 is 7.33. The van der Waals surface area contributed by atoms with Crippen molar-refractivity contribution in [2.45, 2.75) is 31.2 Å². The standard InChI is InChI=1S/C11H13ClN4O/c1-11(3-4-11)16-7(5-12)15-8-9(16)13-6-14-10(8)17-2/h6H,3-5H2,1-2H3. The Hall–Kier alpha value is -1.36. The molecule has 2 aromatic heterocycles. The van der Waals surface area contributed by atoms with E-state index >= 15 is 0 Å². The molecule has 1 fully saturated rings. The SMILES string of the molecule is COc1ncnc2c1nc(CCl)n2C1(C)CC1. The molecule has 90 valence electrons. The number of halogens is 1. The molecule has 0 spiro atoms. The number of aromatic nitrogens is 4. The maximum absolute atomic E-state index is 5.96. The Bertz CT molecular complexity index is 576. The van der Waals surface area contributed by atoms with E-state index in [0.717, 1.165) is 24.3 Å². The molecule has 5 nitrogen and oxygen atoms in total. The van der Waals surface area contributed by atoms with E-state index < -0.39 is 0 Å². The van der Waals surface area contributed by atoms with Gasteiger partial charge in [0.05, 0.1) is 13.0 Å². The van der Waals surface area contributed by atoms with E-state index in [9.17, 15) is 0 Å². The summed E-state index contributed by atoms with van der Waals surface area (Å²) in [6, 6.07) is 0. The number of methoxy groups -OCH3 is 1. The predicted octanol–water partition coefficient (Wildman–Crippen LogP) is 2.08. The fourth-order valence-corrected chi connectivity index (χ4v) is 2.31. The highest BCUT2D eigenvalue weighted by molar-refractivity contribution is 6.16. The van der Waals surface area contributed by atoms with Crippen molar-refractivity contribution in [3.8, 4) is 5.88 Å². The number of imidazole rings is 1. The van der Waals surface area contributed by atoms with Crippen molar-refractivity contribution < 1.29 is 4.74 Å². The molecule has 0 bridgehead atoms. The molecular formula is C11H13ClN4O. The first-order valence-electron chi connectivity index (χ1n) is 5.52. The van der Waals surface area contributed by atoms with Gasteiger partial charge in [-0.15, -0.1) is 11.6 Å². The average Bonchev–Trinajstić information content (AvgIpc) is 2.95. The molecule has 0 saturated heterocycles. The Morgan fingerprint density at radius 3 is 2.82 bits per heavy atom. The normalized spacial score (nSPS) is 17.4. The van der Waals surface area contributed by atoms with Crippen LogP contribution in [-0.2, 0) is 11.4 Å². The summed E-state index contributed by atoms with van der Waals surface area (Å²) in [7, 11) is 1.58. The summed E-state index contributed by atoms with van der Waals surface area (Å²) in [5, 5.41) is 0. The van der Waals surface area contributed by atoms with Crippen LogP contribution in [0.1, 0.15) is 25.6 Å². The Morgan fingerprint density at radius 2 is 2.24 bits per heavy atom. The molecule has 17 heavy (non-hydrogen) atoms. The lowest BCUT2D eigenvalue weighted by Crippen LogP contribution is -2.15. The molecule has 2 aromatic rings. The molecule has 0 atom stereocenters. The van der Waals surface area contributed by atoms with E-state index in [0.29, 0.717) is 17.3 Å². The second-order valence-electron chi connectivity index (χ2n) is 4.55. The first kappa shape index (κ1) is 10.8. The van der Waals surface area contributed by atoms with Gasteiger partial charge in [-0.05, 0) is 19.8 Å². The zero-order valence-corrected chi connectivity index (χ0v) is 10.5. The molecule has 0 N–H and O–H groups in total. The summed E-state index contributed by atoms with van der Waals surface area (Å²) in [6.07, 6.45) is 3.77. The largest absolute Gasteiger partial charge is 0.479 e. The molecule has 3 rings (SSSR count). The highest BCUT2D eigenvalue weighted by Gasteiger charge is 2.42. The van der Waals surface area contributed by atoms with Crippen LogP contribution in [0.5, 0.6) is 5.88 Å². The minimum Gasteiger partial charge on any atom is -0.479 e. The van der Waals surface area contributed by atoms with Crippen molar-refractivity contribution in [2.75, 3.05) is 7.11 Å². The van der Waals surface area contributed by atoms with Crippen LogP contribution in [0.3, 0.4) is 0 Å². The zero-order valence-electron chi connectivity index (χ0n) is 9.77. The average molecular weight is 253 g/mol. The number of hydrogen-bond donors (Lipinski definition) is 0. The Kier molecular flexibility index (Phi) is 2.26. The summed E-state index contributed by atoms with van der Waals surface area (Å²) in [4.78, 5) is 12.9. The van der Waals surface area contributed by atoms with Gasteiger partial charge in [-0.1, -0.05) is 0 Å². The van der Waals surface area contributed by atoms with E-state index in [-0.39, 0.29) is 5.54 Å². The molecule has 2 heterocycles. The van der Waals surface area contributed by atoms with E-state index in [1.54, 1.807) is 7.11 Å². The van der Waals surface area contributed by atoms with Crippen LogP contribution < -0.4 is 4.74 Å². The quantitative estimate of drug-likeness (QED) is 0.785. The molecule has 6 heteroatoms. The number of hydrogen-bond acceptors (Lipinski definition) is 4. The van der Waals surface area contributed by atoms with Crippen molar-refractivity contribution in [3.63, 3.8) is 0 Å². The van der Waals surface area contributed by atoms with E-state index in [1.165, 1.54) is 6.33 Å². The minimum absolute atomic E-state index is 0.109. The Morgan fingerprint density at radius 1 is 1.47 bits per heavy atom. The topological polar surface area (TPSA) is 52.8 Å². The van der Waals surface area contributed by atoms with Crippen LogP contribution in [0, 0.1) is 0 Å². The van der Waals surface area contributed by atoms with Gasteiger partial charge in [0, 0.05) is 5.54 Å². The van der Waals surface area contributed by atoms with Gasteiger partial charge in [-0.2, -0.15) is 4.98 Å². The van der Waals surface area contributed by atoms with Crippen molar-refractivity contribution in [1.29, 1.82) is 0 Å². The van der Waals surface area contributed by atoms with Gasteiger partial charge in [0.15, 0.2) is 11.2 Å². The van der Waals surface area contributed by atoms with Crippen LogP contribution in [0.2, 0.25) is 0 Å². The molecule has 0 aromatic carbocycles. The smallest absolute Gasteiger partial charge is 0.245 e. The van der Waals surface area contributed by atoms with E-state index in [2.05, 4.69) is 26.4 Å². The molecular weight excluding hydrogens is 240 g/mol. The molecule has 0 amide bonds. The summed E-state index contributed by atoms with van der Waals surface area (Å²) >= 11 is 5.96. The fraction of sp³-hybridized carbons (Fsp3) is 0.545. The second kappa shape index (κ2) is 3.57. The monoisotopic (exact) mass is 252 g/mol. The number of ether oxygens (including phenoxy) is 1. The third-order valence-electron chi connectivity index (χ3n) is 3.31. The molecule has 0 aliphatic heterocycles. The molecule has 0 unspecified atom stereocenters. The van der Waals surface area contributed by atoms with Crippen molar-refractivity contribution >= 4 is 22.8 Å². The van der Waals surface area contributed by atoms with Crippen LogP contribution in [0.4, 0.5) is 0 Å². The second-order valence-corrected chi connectivity index (χ2v) is 4.82. The number of fused-ring (bicyclic) bond motifs is 1. The van der Waals surface area contributed by atoms with Crippen molar-refractivity contribution in [2.24, 2.45) is 0 Å².